The number of rotatable bonds is 6. The molecule has 0 bridgehead atoms. The largest absolute Gasteiger partial charge is 0.466 e. The zero-order valence-corrected chi connectivity index (χ0v) is 16.4. The van der Waals surface area contributed by atoms with Gasteiger partial charge in [-0.25, -0.2) is 0 Å². The minimum atomic E-state index is -0.712. The van der Waals surface area contributed by atoms with Crippen LogP contribution in [0.3, 0.4) is 0 Å². The van der Waals surface area contributed by atoms with Crippen LogP contribution in [0.4, 0.5) is 0 Å². The first-order chi connectivity index (χ1) is 12.8. The van der Waals surface area contributed by atoms with Gasteiger partial charge in [-0.3, -0.25) is 14.4 Å². The molecule has 1 aliphatic carbocycles. The Balaban J connectivity index is 1.68. The van der Waals surface area contributed by atoms with Crippen molar-refractivity contribution in [2.24, 2.45) is 5.92 Å². The summed E-state index contributed by atoms with van der Waals surface area (Å²) in [5.41, 5.74) is 3.89. The Morgan fingerprint density at radius 1 is 1.07 bits per heavy atom. The summed E-state index contributed by atoms with van der Waals surface area (Å²) in [6.45, 7) is 7.76. The highest BCUT2D eigenvalue weighted by molar-refractivity contribution is 6.15. The molecule has 0 aliphatic heterocycles. The number of aryl methyl sites for hydroxylation is 5. The van der Waals surface area contributed by atoms with Crippen LogP contribution in [0, 0.1) is 33.6 Å². The van der Waals surface area contributed by atoms with Crippen LogP contribution >= 0.6 is 0 Å². The summed E-state index contributed by atoms with van der Waals surface area (Å²) in [7, 11) is 0. The first kappa shape index (κ1) is 19.3. The molecule has 0 saturated heterocycles. The molecule has 2 aromatic rings. The average Bonchev–Trinajstić information content (AvgIpc) is 3.10. The van der Waals surface area contributed by atoms with Gasteiger partial charge in [0.25, 0.3) is 0 Å². The topological polar surface area (TPSA) is 64.3 Å². The Bertz CT molecular complexity index is 880. The lowest BCUT2D eigenvalue weighted by Gasteiger charge is -2.16. The molecule has 3 rings (SSSR count). The van der Waals surface area contributed by atoms with Gasteiger partial charge in [0.05, 0.1) is 0 Å². The van der Waals surface area contributed by atoms with E-state index in [1.54, 1.807) is 0 Å². The van der Waals surface area contributed by atoms with Crippen molar-refractivity contribution in [1.82, 2.24) is 0 Å². The van der Waals surface area contributed by atoms with Gasteiger partial charge in [-0.2, -0.15) is 0 Å². The van der Waals surface area contributed by atoms with Gasteiger partial charge in [-0.1, -0.05) is 17.7 Å². The summed E-state index contributed by atoms with van der Waals surface area (Å²) in [6, 6.07) is 7.75. The van der Waals surface area contributed by atoms with Gasteiger partial charge in [-0.05, 0) is 56.5 Å². The molecule has 4 nitrogen and oxygen atoms in total. The quantitative estimate of drug-likeness (QED) is 0.713. The molecule has 0 spiro atoms. The fourth-order valence-corrected chi connectivity index (χ4v) is 4.24. The van der Waals surface area contributed by atoms with E-state index in [4.69, 9.17) is 4.42 Å². The van der Waals surface area contributed by atoms with Gasteiger partial charge >= 0.3 is 0 Å². The zero-order chi connectivity index (χ0) is 19.7. The predicted molar refractivity (Wildman–Crippen MR) is 103 cm³/mol. The molecular weight excluding hydrogens is 340 g/mol. The highest BCUT2D eigenvalue weighted by Crippen LogP contribution is 2.37. The van der Waals surface area contributed by atoms with Gasteiger partial charge in [0.1, 0.15) is 29.0 Å². The van der Waals surface area contributed by atoms with E-state index in [1.807, 2.05) is 52.0 Å². The molecule has 4 heteroatoms. The summed E-state index contributed by atoms with van der Waals surface area (Å²) in [6.07, 6.45) is 1.17. The van der Waals surface area contributed by atoms with Crippen molar-refractivity contribution in [2.75, 3.05) is 0 Å². The Kier molecular flexibility index (Phi) is 5.45. The third-order valence-corrected chi connectivity index (χ3v) is 5.40. The minimum absolute atomic E-state index is 0.00760. The monoisotopic (exact) mass is 366 g/mol. The molecular formula is C23H26O4. The Labute approximate surface area is 160 Å². The van der Waals surface area contributed by atoms with Crippen LogP contribution in [0.1, 0.15) is 59.0 Å². The molecule has 0 radical (unpaired) electrons. The first-order valence-electron chi connectivity index (χ1n) is 9.47. The fourth-order valence-electron chi connectivity index (χ4n) is 4.24. The molecule has 2 unspecified atom stereocenters. The SMILES string of the molecule is Cc1cc(C)c(C2C(=O)CC(CC(=O)CCc3ccc(C)o3)C2=O)c(C)c1. The summed E-state index contributed by atoms with van der Waals surface area (Å²) in [4.78, 5) is 37.9. The second kappa shape index (κ2) is 7.63. The van der Waals surface area contributed by atoms with E-state index >= 15 is 0 Å². The maximum Gasteiger partial charge on any atom is 0.151 e. The third kappa shape index (κ3) is 4.10. The van der Waals surface area contributed by atoms with Crippen molar-refractivity contribution in [3.8, 4) is 0 Å². The highest BCUT2D eigenvalue weighted by Gasteiger charge is 2.43. The molecule has 1 aromatic carbocycles. The summed E-state index contributed by atoms with van der Waals surface area (Å²) < 4.78 is 5.48. The van der Waals surface area contributed by atoms with Crippen molar-refractivity contribution in [3.05, 3.63) is 58.0 Å². The van der Waals surface area contributed by atoms with Crippen molar-refractivity contribution in [3.63, 3.8) is 0 Å². The Morgan fingerprint density at radius 3 is 2.33 bits per heavy atom. The fraction of sp³-hybridized carbons (Fsp3) is 0.435. The van der Waals surface area contributed by atoms with E-state index in [-0.39, 0.29) is 30.2 Å². The number of hydrogen-bond acceptors (Lipinski definition) is 4. The predicted octanol–water partition coefficient (Wildman–Crippen LogP) is 4.35. The second-order valence-corrected chi connectivity index (χ2v) is 7.77. The molecule has 1 aromatic heterocycles. The normalized spacial score (nSPS) is 19.7. The number of hydrogen-bond donors (Lipinski definition) is 0. The van der Waals surface area contributed by atoms with Crippen LogP contribution in [0.2, 0.25) is 0 Å². The lowest BCUT2D eigenvalue weighted by atomic mass is 9.86. The van der Waals surface area contributed by atoms with E-state index in [0.717, 1.165) is 33.8 Å². The van der Waals surface area contributed by atoms with Crippen molar-refractivity contribution >= 4 is 17.3 Å². The summed E-state index contributed by atoms with van der Waals surface area (Å²) >= 11 is 0. The molecule has 1 aliphatic rings. The third-order valence-electron chi connectivity index (χ3n) is 5.40. The Morgan fingerprint density at radius 2 is 1.74 bits per heavy atom. The van der Waals surface area contributed by atoms with E-state index in [1.165, 1.54) is 0 Å². The zero-order valence-electron chi connectivity index (χ0n) is 16.4. The van der Waals surface area contributed by atoms with Crippen LogP contribution in [-0.4, -0.2) is 17.3 Å². The maximum atomic E-state index is 12.9. The summed E-state index contributed by atoms with van der Waals surface area (Å²) in [5.74, 6) is 0.240. The number of carbonyl (C=O) groups excluding carboxylic acids is 3. The van der Waals surface area contributed by atoms with Crippen molar-refractivity contribution in [2.45, 2.75) is 59.3 Å². The highest BCUT2D eigenvalue weighted by atomic mass is 16.3. The van der Waals surface area contributed by atoms with Crippen LogP contribution < -0.4 is 0 Å². The molecule has 1 heterocycles. The van der Waals surface area contributed by atoms with Crippen LogP contribution in [0.15, 0.2) is 28.7 Å². The smallest absolute Gasteiger partial charge is 0.151 e. The number of carbonyl (C=O) groups is 3. The lowest BCUT2D eigenvalue weighted by Crippen LogP contribution is -2.19. The van der Waals surface area contributed by atoms with Gasteiger partial charge in [0.15, 0.2) is 5.78 Å². The second-order valence-electron chi connectivity index (χ2n) is 7.77. The first-order valence-corrected chi connectivity index (χ1v) is 9.47. The van der Waals surface area contributed by atoms with Crippen LogP contribution in [0.25, 0.3) is 0 Å². The molecule has 142 valence electrons. The standard InChI is InChI=1S/C23H26O4/c1-13-9-14(2)21(15(3)10-13)22-20(25)12-17(23(22)26)11-18(24)6-8-19-7-5-16(4)27-19/h5,7,9-10,17,22H,6,8,11-12H2,1-4H3. The molecule has 27 heavy (non-hydrogen) atoms. The molecule has 2 atom stereocenters. The van der Waals surface area contributed by atoms with Gasteiger partial charge in [0, 0.05) is 31.6 Å². The van der Waals surface area contributed by atoms with Gasteiger partial charge in [0.2, 0.25) is 0 Å². The number of benzene rings is 1. The van der Waals surface area contributed by atoms with E-state index in [9.17, 15) is 14.4 Å². The Hall–Kier alpha value is -2.49. The number of Topliss-reactive ketones (excluding diaryl/α,β-unsaturated/α-hetero) is 3. The average molecular weight is 366 g/mol. The molecule has 0 N–H and O–H groups in total. The lowest BCUT2D eigenvalue weighted by molar-refractivity contribution is -0.127. The number of ketones is 3. The number of furan rings is 1. The molecule has 1 saturated carbocycles. The van der Waals surface area contributed by atoms with Crippen molar-refractivity contribution in [1.29, 1.82) is 0 Å². The van der Waals surface area contributed by atoms with Crippen LogP contribution in [-0.2, 0) is 20.8 Å². The van der Waals surface area contributed by atoms with Gasteiger partial charge < -0.3 is 4.42 Å². The van der Waals surface area contributed by atoms with E-state index in [2.05, 4.69) is 0 Å². The van der Waals surface area contributed by atoms with E-state index < -0.39 is 11.8 Å². The van der Waals surface area contributed by atoms with Crippen LogP contribution in [0.5, 0.6) is 0 Å². The maximum absolute atomic E-state index is 12.9. The molecule has 1 fully saturated rings. The minimum Gasteiger partial charge on any atom is -0.466 e. The van der Waals surface area contributed by atoms with E-state index in [0.29, 0.717) is 12.8 Å². The molecule has 0 amide bonds. The van der Waals surface area contributed by atoms with Gasteiger partial charge in [-0.15, -0.1) is 0 Å². The summed E-state index contributed by atoms with van der Waals surface area (Å²) in [5, 5.41) is 0. The van der Waals surface area contributed by atoms with Crippen molar-refractivity contribution < 1.29 is 18.8 Å².